The molecule has 2 heterocycles. The number of hydrogen-bond acceptors (Lipinski definition) is 5. The minimum atomic E-state index is -0.383. The van der Waals surface area contributed by atoms with Crippen molar-refractivity contribution >= 4 is 18.1 Å². The van der Waals surface area contributed by atoms with Crippen molar-refractivity contribution in [3.8, 4) is 0 Å². The number of benzene rings is 1. The molecule has 1 saturated heterocycles. The first kappa shape index (κ1) is 17.8. The lowest BCUT2D eigenvalue weighted by Gasteiger charge is -2.33. The summed E-state index contributed by atoms with van der Waals surface area (Å²) in [7, 11) is 0. The van der Waals surface area contributed by atoms with Gasteiger partial charge in [-0.05, 0) is 13.0 Å². The molecule has 0 unspecified atom stereocenters. The van der Waals surface area contributed by atoms with Crippen LogP contribution in [0.1, 0.15) is 21.9 Å². The molecule has 0 radical (unpaired) electrons. The summed E-state index contributed by atoms with van der Waals surface area (Å²) in [6.45, 7) is 4.32. The molecule has 1 aromatic heterocycles. The molecule has 0 aliphatic carbocycles. The normalized spacial score (nSPS) is 14.2. The van der Waals surface area contributed by atoms with Crippen molar-refractivity contribution in [2.75, 3.05) is 31.1 Å². The summed E-state index contributed by atoms with van der Waals surface area (Å²) in [6, 6.07) is 7.92. The average Bonchev–Trinajstić information content (AvgIpc) is 2.66. The fourth-order valence-corrected chi connectivity index (χ4v) is 2.79. The van der Waals surface area contributed by atoms with E-state index in [9.17, 15) is 14.0 Å². The number of piperazine rings is 1. The Kier molecular flexibility index (Phi) is 5.40. The van der Waals surface area contributed by atoms with Crippen LogP contribution in [-0.4, -0.2) is 53.4 Å². The van der Waals surface area contributed by atoms with Crippen LogP contribution in [0.15, 0.2) is 30.3 Å². The molecule has 2 aromatic rings. The monoisotopic (exact) mass is 357 g/mol. The highest BCUT2D eigenvalue weighted by Gasteiger charge is 2.19. The zero-order valence-electron chi connectivity index (χ0n) is 14.5. The van der Waals surface area contributed by atoms with Crippen molar-refractivity contribution in [2.45, 2.75) is 13.5 Å². The van der Waals surface area contributed by atoms with Crippen LogP contribution < -0.4 is 10.2 Å². The topological polar surface area (TPSA) is 78.4 Å². The van der Waals surface area contributed by atoms with Crippen molar-refractivity contribution in [1.82, 2.24) is 20.2 Å². The van der Waals surface area contributed by atoms with Crippen LogP contribution in [0.2, 0.25) is 0 Å². The Balaban J connectivity index is 1.70. The van der Waals surface area contributed by atoms with E-state index in [1.165, 1.54) is 6.07 Å². The molecule has 26 heavy (non-hydrogen) atoms. The third kappa shape index (κ3) is 4.14. The number of anilines is 1. The maximum atomic E-state index is 13.7. The van der Waals surface area contributed by atoms with Crippen molar-refractivity contribution in [2.24, 2.45) is 0 Å². The summed E-state index contributed by atoms with van der Waals surface area (Å²) < 4.78 is 13.7. The Morgan fingerprint density at radius 3 is 2.65 bits per heavy atom. The van der Waals surface area contributed by atoms with E-state index < -0.39 is 0 Å². The van der Waals surface area contributed by atoms with E-state index in [4.69, 9.17) is 0 Å². The average molecular weight is 357 g/mol. The van der Waals surface area contributed by atoms with Crippen LogP contribution in [0.3, 0.4) is 0 Å². The minimum absolute atomic E-state index is 0.0852. The van der Waals surface area contributed by atoms with Gasteiger partial charge in [0.25, 0.3) is 5.91 Å². The summed E-state index contributed by atoms with van der Waals surface area (Å²) in [5.41, 5.74) is 0.651. The summed E-state index contributed by atoms with van der Waals surface area (Å²) in [5, 5.41) is 2.69. The van der Waals surface area contributed by atoms with Gasteiger partial charge in [0.2, 0.25) is 6.41 Å². The van der Waals surface area contributed by atoms with E-state index in [1.807, 2.05) is 4.90 Å². The van der Waals surface area contributed by atoms with Crippen LogP contribution in [0.25, 0.3) is 0 Å². The zero-order valence-corrected chi connectivity index (χ0v) is 14.5. The number of amides is 2. The van der Waals surface area contributed by atoms with Gasteiger partial charge < -0.3 is 15.1 Å². The van der Waals surface area contributed by atoms with Gasteiger partial charge in [-0.3, -0.25) is 9.59 Å². The molecular formula is C18H20FN5O2. The molecule has 1 N–H and O–H groups in total. The van der Waals surface area contributed by atoms with Gasteiger partial charge in [0.15, 0.2) is 0 Å². The fourth-order valence-electron chi connectivity index (χ4n) is 2.79. The smallest absolute Gasteiger partial charge is 0.270 e. The molecule has 1 aliphatic heterocycles. The summed E-state index contributed by atoms with van der Waals surface area (Å²) in [4.78, 5) is 35.5. The molecule has 0 bridgehead atoms. The lowest BCUT2D eigenvalue weighted by molar-refractivity contribution is -0.118. The number of halogens is 1. The molecule has 0 saturated carbocycles. The van der Waals surface area contributed by atoms with E-state index in [0.29, 0.717) is 43.4 Å². The summed E-state index contributed by atoms with van der Waals surface area (Å²) in [6.07, 6.45) is 0.837. The number of hydrogen-bond donors (Lipinski definition) is 1. The second kappa shape index (κ2) is 7.90. The highest BCUT2D eigenvalue weighted by molar-refractivity contribution is 5.92. The number of carbonyl (C=O) groups is 2. The number of nitrogens with zero attached hydrogens (tertiary/aromatic N) is 4. The number of aromatic nitrogens is 2. The molecule has 1 fully saturated rings. The second-order valence-electron chi connectivity index (χ2n) is 6.06. The van der Waals surface area contributed by atoms with Gasteiger partial charge in [-0.25, -0.2) is 14.4 Å². The van der Waals surface area contributed by atoms with E-state index in [1.54, 1.807) is 36.1 Å². The van der Waals surface area contributed by atoms with Gasteiger partial charge >= 0.3 is 0 Å². The number of rotatable bonds is 5. The van der Waals surface area contributed by atoms with E-state index in [0.717, 1.165) is 6.41 Å². The largest absolute Gasteiger partial charge is 0.353 e. The first-order chi connectivity index (χ1) is 12.6. The van der Waals surface area contributed by atoms with Gasteiger partial charge in [0.1, 0.15) is 23.2 Å². The van der Waals surface area contributed by atoms with Gasteiger partial charge in [-0.15, -0.1) is 0 Å². The molecule has 8 heteroatoms. The van der Waals surface area contributed by atoms with Gasteiger partial charge in [0, 0.05) is 44.4 Å². The highest BCUT2D eigenvalue weighted by atomic mass is 19.1. The molecule has 3 rings (SSSR count). The first-order valence-corrected chi connectivity index (χ1v) is 8.38. The minimum Gasteiger partial charge on any atom is -0.353 e. The van der Waals surface area contributed by atoms with Crippen LogP contribution in [-0.2, 0) is 11.3 Å². The summed E-state index contributed by atoms with van der Waals surface area (Å²) >= 11 is 0. The fraction of sp³-hybridized carbons (Fsp3) is 0.333. The van der Waals surface area contributed by atoms with Crippen LogP contribution >= 0.6 is 0 Å². The Hall–Kier alpha value is -3.03. The molecule has 1 aromatic carbocycles. The Morgan fingerprint density at radius 1 is 1.23 bits per heavy atom. The quantitative estimate of drug-likeness (QED) is 0.812. The number of nitrogens with one attached hydrogen (secondary N) is 1. The van der Waals surface area contributed by atoms with Crippen LogP contribution in [0.5, 0.6) is 0 Å². The van der Waals surface area contributed by atoms with E-state index in [2.05, 4.69) is 15.3 Å². The summed E-state index contributed by atoms with van der Waals surface area (Å²) in [5.74, 6) is 0.391. The Bertz CT molecular complexity index is 806. The standard InChI is InChI=1S/C18H20FN5O2/c1-13-21-16(18(26)20-11-14-4-2-3-5-15(14)19)10-17(22-13)24-8-6-23(12-25)7-9-24/h2-5,10,12H,6-9,11H2,1H3,(H,20,26). The highest BCUT2D eigenvalue weighted by Crippen LogP contribution is 2.15. The predicted molar refractivity (Wildman–Crippen MR) is 94.2 cm³/mol. The maximum absolute atomic E-state index is 13.7. The van der Waals surface area contributed by atoms with Gasteiger partial charge in [0.05, 0.1) is 0 Å². The van der Waals surface area contributed by atoms with Crippen LogP contribution in [0.4, 0.5) is 10.2 Å². The Labute approximate surface area is 150 Å². The molecule has 0 spiro atoms. The van der Waals surface area contributed by atoms with Crippen molar-refractivity contribution in [1.29, 1.82) is 0 Å². The first-order valence-electron chi connectivity index (χ1n) is 8.38. The Morgan fingerprint density at radius 2 is 1.96 bits per heavy atom. The zero-order chi connectivity index (χ0) is 18.5. The van der Waals surface area contributed by atoms with Crippen molar-refractivity contribution in [3.63, 3.8) is 0 Å². The number of carbonyl (C=O) groups excluding carboxylic acids is 2. The third-order valence-electron chi connectivity index (χ3n) is 4.24. The third-order valence-corrected chi connectivity index (χ3v) is 4.24. The molecular weight excluding hydrogens is 337 g/mol. The van der Waals surface area contributed by atoms with E-state index in [-0.39, 0.29) is 24.0 Å². The molecule has 7 nitrogen and oxygen atoms in total. The van der Waals surface area contributed by atoms with E-state index >= 15 is 0 Å². The predicted octanol–water partition coefficient (Wildman–Crippen LogP) is 1.13. The van der Waals surface area contributed by atoms with Gasteiger partial charge in [-0.2, -0.15) is 0 Å². The van der Waals surface area contributed by atoms with Crippen LogP contribution in [0, 0.1) is 12.7 Å². The lowest BCUT2D eigenvalue weighted by atomic mass is 10.2. The molecule has 136 valence electrons. The van der Waals surface area contributed by atoms with Crippen molar-refractivity contribution < 1.29 is 14.0 Å². The molecule has 0 atom stereocenters. The molecule has 1 aliphatic rings. The SMILES string of the molecule is Cc1nc(C(=O)NCc2ccccc2F)cc(N2CCN(C=O)CC2)n1. The second-order valence-corrected chi connectivity index (χ2v) is 6.06. The molecule has 2 amide bonds. The lowest BCUT2D eigenvalue weighted by Crippen LogP contribution is -2.46. The van der Waals surface area contributed by atoms with Crippen molar-refractivity contribution in [3.05, 3.63) is 53.2 Å². The number of aryl methyl sites for hydroxylation is 1. The van der Waals surface area contributed by atoms with Gasteiger partial charge in [-0.1, -0.05) is 18.2 Å². The maximum Gasteiger partial charge on any atom is 0.270 e.